The predicted octanol–water partition coefficient (Wildman–Crippen LogP) is 3.78. The van der Waals surface area contributed by atoms with Crippen LogP contribution in [0.2, 0.25) is 0 Å². The molecule has 3 heteroatoms. The van der Waals surface area contributed by atoms with Gasteiger partial charge >= 0.3 is 0 Å². The van der Waals surface area contributed by atoms with Crippen LogP contribution in [-0.4, -0.2) is 6.61 Å². The molecule has 94 valence electrons. The molecule has 2 rings (SSSR count). The third kappa shape index (κ3) is 2.45. The van der Waals surface area contributed by atoms with Gasteiger partial charge in [0.15, 0.2) is 0 Å². The molecule has 2 nitrogen and oxygen atoms in total. The highest BCUT2D eigenvalue weighted by Gasteiger charge is 2.08. The number of anilines is 1. The van der Waals surface area contributed by atoms with Crippen LogP contribution >= 0.6 is 0 Å². The van der Waals surface area contributed by atoms with Gasteiger partial charge in [-0.2, -0.15) is 0 Å². The lowest BCUT2D eigenvalue weighted by molar-refractivity contribution is 0.340. The molecule has 0 saturated heterocycles. The quantitative estimate of drug-likeness (QED) is 0.835. The molecule has 0 aliphatic rings. The number of rotatable bonds is 3. The van der Waals surface area contributed by atoms with E-state index < -0.39 is 0 Å². The molecule has 0 heterocycles. The highest BCUT2D eigenvalue weighted by Crippen LogP contribution is 2.29. The molecular formula is C15H16FNO. The maximum Gasteiger partial charge on any atom is 0.131 e. The lowest BCUT2D eigenvalue weighted by Gasteiger charge is -2.09. The zero-order valence-electron chi connectivity index (χ0n) is 10.5. The van der Waals surface area contributed by atoms with Gasteiger partial charge in [-0.05, 0) is 49.2 Å². The van der Waals surface area contributed by atoms with Gasteiger partial charge in [-0.3, -0.25) is 0 Å². The van der Waals surface area contributed by atoms with E-state index in [1.54, 1.807) is 13.0 Å². The van der Waals surface area contributed by atoms with E-state index in [0.29, 0.717) is 17.9 Å². The molecule has 0 aliphatic carbocycles. The summed E-state index contributed by atoms with van der Waals surface area (Å²) >= 11 is 0. The van der Waals surface area contributed by atoms with E-state index >= 15 is 0 Å². The van der Waals surface area contributed by atoms with Crippen molar-refractivity contribution < 1.29 is 9.13 Å². The molecular weight excluding hydrogens is 229 g/mol. The molecule has 0 atom stereocenters. The molecule has 0 aliphatic heterocycles. The van der Waals surface area contributed by atoms with Crippen LogP contribution in [0.1, 0.15) is 12.5 Å². The third-order valence-corrected chi connectivity index (χ3v) is 2.81. The first-order valence-corrected chi connectivity index (χ1v) is 5.90. The first-order valence-electron chi connectivity index (χ1n) is 5.90. The van der Waals surface area contributed by atoms with E-state index in [1.807, 2.05) is 31.2 Å². The Morgan fingerprint density at radius 3 is 2.72 bits per heavy atom. The minimum Gasteiger partial charge on any atom is -0.494 e. The van der Waals surface area contributed by atoms with Gasteiger partial charge in [-0.25, -0.2) is 4.39 Å². The maximum atomic E-state index is 13.9. The van der Waals surface area contributed by atoms with Crippen molar-refractivity contribution in [2.45, 2.75) is 13.8 Å². The zero-order valence-corrected chi connectivity index (χ0v) is 10.5. The van der Waals surface area contributed by atoms with Gasteiger partial charge in [-0.15, -0.1) is 0 Å². The van der Waals surface area contributed by atoms with Gasteiger partial charge in [0.1, 0.15) is 11.6 Å². The summed E-state index contributed by atoms with van der Waals surface area (Å²) in [5.41, 5.74) is 8.43. The van der Waals surface area contributed by atoms with Crippen LogP contribution in [0.25, 0.3) is 11.1 Å². The van der Waals surface area contributed by atoms with Gasteiger partial charge in [0.25, 0.3) is 0 Å². The zero-order chi connectivity index (χ0) is 13.1. The summed E-state index contributed by atoms with van der Waals surface area (Å²) in [5.74, 6) is 0.462. The number of benzene rings is 2. The lowest BCUT2D eigenvalue weighted by Crippen LogP contribution is -1.95. The van der Waals surface area contributed by atoms with E-state index in [1.165, 1.54) is 6.07 Å². The SMILES string of the molecule is CCOc1cccc(-c2cc(N)c(C)cc2F)c1. The van der Waals surface area contributed by atoms with E-state index in [-0.39, 0.29) is 5.82 Å². The average molecular weight is 245 g/mol. The molecule has 0 radical (unpaired) electrons. The second kappa shape index (κ2) is 5.08. The summed E-state index contributed by atoms with van der Waals surface area (Å²) < 4.78 is 19.3. The Morgan fingerprint density at radius 2 is 2.00 bits per heavy atom. The predicted molar refractivity (Wildman–Crippen MR) is 72.2 cm³/mol. The third-order valence-electron chi connectivity index (χ3n) is 2.81. The number of halogens is 1. The Balaban J connectivity index is 2.48. The van der Waals surface area contributed by atoms with E-state index in [9.17, 15) is 4.39 Å². The number of hydrogen-bond donors (Lipinski definition) is 1. The van der Waals surface area contributed by atoms with Gasteiger partial charge in [0.05, 0.1) is 6.61 Å². The fourth-order valence-electron chi connectivity index (χ4n) is 1.83. The Labute approximate surface area is 106 Å². The van der Waals surface area contributed by atoms with Crippen molar-refractivity contribution in [2.75, 3.05) is 12.3 Å². The molecule has 18 heavy (non-hydrogen) atoms. The molecule has 0 fully saturated rings. The van der Waals surface area contributed by atoms with Crippen LogP contribution in [0.5, 0.6) is 5.75 Å². The smallest absolute Gasteiger partial charge is 0.131 e. The van der Waals surface area contributed by atoms with Crippen molar-refractivity contribution in [3.8, 4) is 16.9 Å². The summed E-state index contributed by atoms with van der Waals surface area (Å²) in [6, 6.07) is 10.5. The summed E-state index contributed by atoms with van der Waals surface area (Å²) in [7, 11) is 0. The number of ether oxygens (including phenoxy) is 1. The fourth-order valence-corrected chi connectivity index (χ4v) is 1.83. The Bertz CT molecular complexity index is 566. The van der Waals surface area contributed by atoms with E-state index in [0.717, 1.165) is 16.9 Å². The summed E-state index contributed by atoms with van der Waals surface area (Å²) in [4.78, 5) is 0. The first-order chi connectivity index (χ1) is 8.61. The molecule has 0 amide bonds. The van der Waals surface area contributed by atoms with Gasteiger partial charge in [-0.1, -0.05) is 12.1 Å². The van der Waals surface area contributed by atoms with Crippen molar-refractivity contribution in [3.63, 3.8) is 0 Å². The second-order valence-electron chi connectivity index (χ2n) is 4.15. The summed E-state index contributed by atoms with van der Waals surface area (Å²) in [6.45, 7) is 4.29. The van der Waals surface area contributed by atoms with Crippen molar-refractivity contribution in [1.29, 1.82) is 0 Å². The second-order valence-corrected chi connectivity index (χ2v) is 4.15. The molecule has 2 aromatic rings. The lowest BCUT2D eigenvalue weighted by atomic mass is 10.0. The standard InChI is InChI=1S/C15H16FNO/c1-3-18-12-6-4-5-11(8-12)13-9-15(17)10(2)7-14(13)16/h4-9H,3,17H2,1-2H3. The Morgan fingerprint density at radius 1 is 1.22 bits per heavy atom. The minimum absolute atomic E-state index is 0.268. The van der Waals surface area contributed by atoms with Gasteiger partial charge < -0.3 is 10.5 Å². The van der Waals surface area contributed by atoms with Crippen LogP contribution < -0.4 is 10.5 Å². The van der Waals surface area contributed by atoms with Crippen LogP contribution in [0.15, 0.2) is 36.4 Å². The fraction of sp³-hybridized carbons (Fsp3) is 0.200. The summed E-state index contributed by atoms with van der Waals surface area (Å²) in [6.07, 6.45) is 0. The Kier molecular flexibility index (Phi) is 3.51. The minimum atomic E-state index is -0.268. The molecule has 0 aromatic heterocycles. The highest BCUT2D eigenvalue weighted by molar-refractivity contribution is 5.70. The molecule has 0 spiro atoms. The van der Waals surface area contributed by atoms with Crippen molar-refractivity contribution in [1.82, 2.24) is 0 Å². The first kappa shape index (κ1) is 12.4. The van der Waals surface area contributed by atoms with Crippen LogP contribution in [0.4, 0.5) is 10.1 Å². The van der Waals surface area contributed by atoms with E-state index in [4.69, 9.17) is 10.5 Å². The van der Waals surface area contributed by atoms with Crippen molar-refractivity contribution in [2.24, 2.45) is 0 Å². The topological polar surface area (TPSA) is 35.2 Å². The normalized spacial score (nSPS) is 10.4. The number of nitrogen functional groups attached to an aromatic ring is 1. The van der Waals surface area contributed by atoms with Crippen LogP contribution in [-0.2, 0) is 0 Å². The summed E-state index contributed by atoms with van der Waals surface area (Å²) in [5, 5.41) is 0. The van der Waals surface area contributed by atoms with Gasteiger partial charge in [0, 0.05) is 11.3 Å². The number of hydrogen-bond acceptors (Lipinski definition) is 2. The highest BCUT2D eigenvalue weighted by atomic mass is 19.1. The average Bonchev–Trinajstić information content (AvgIpc) is 2.34. The number of nitrogens with two attached hydrogens (primary N) is 1. The van der Waals surface area contributed by atoms with Crippen molar-refractivity contribution >= 4 is 5.69 Å². The van der Waals surface area contributed by atoms with Gasteiger partial charge in [0.2, 0.25) is 0 Å². The number of aryl methyl sites for hydroxylation is 1. The molecule has 2 N–H and O–H groups in total. The van der Waals surface area contributed by atoms with Crippen LogP contribution in [0, 0.1) is 12.7 Å². The molecule has 0 saturated carbocycles. The Hall–Kier alpha value is -2.03. The largest absolute Gasteiger partial charge is 0.494 e. The van der Waals surface area contributed by atoms with Crippen LogP contribution in [0.3, 0.4) is 0 Å². The van der Waals surface area contributed by atoms with E-state index in [2.05, 4.69) is 0 Å². The molecule has 2 aromatic carbocycles. The maximum absolute atomic E-state index is 13.9. The monoisotopic (exact) mass is 245 g/mol. The molecule has 0 unspecified atom stereocenters. The van der Waals surface area contributed by atoms with Crippen molar-refractivity contribution in [3.05, 3.63) is 47.8 Å². The molecule has 0 bridgehead atoms.